The van der Waals surface area contributed by atoms with Crippen LogP contribution in [0.1, 0.15) is 88.8 Å². The fraction of sp³-hybridized carbons (Fsp3) is 0.292. The summed E-state index contributed by atoms with van der Waals surface area (Å²) in [5, 5.41) is 14.7. The summed E-state index contributed by atoms with van der Waals surface area (Å²) < 4.78 is 0. The first kappa shape index (κ1) is 36.9. The smallest absolute Gasteiger partial charge is 0.115 e. The zero-order valence-corrected chi connectivity index (χ0v) is 34.6. The zero-order valence-electron chi connectivity index (χ0n) is 32.6. The Morgan fingerprint density at radius 2 is 0.940 bits per heavy atom. The van der Waals surface area contributed by atoms with Gasteiger partial charge < -0.3 is 0 Å². The third-order valence-corrected chi connectivity index (χ3v) is 21.5. The Morgan fingerprint density at radius 1 is 0.500 bits per heavy atom. The van der Waals surface area contributed by atoms with Crippen molar-refractivity contribution in [2.45, 2.75) is 94.2 Å². The molecule has 0 aromatic heterocycles. The van der Waals surface area contributed by atoms with Gasteiger partial charge in [0.05, 0.1) is 0 Å². The molecule has 5 rings (SSSR count). The van der Waals surface area contributed by atoms with Crippen LogP contribution >= 0.6 is 0 Å². The molecule has 0 aliphatic rings. The Bertz CT molecular complexity index is 2410. The summed E-state index contributed by atoms with van der Waals surface area (Å²) in [4.78, 5) is 0. The normalized spacial score (nSPS) is 12.0. The quantitative estimate of drug-likeness (QED) is 0.0947. The van der Waals surface area contributed by atoms with E-state index in [0.29, 0.717) is 11.1 Å². The van der Waals surface area contributed by atoms with Crippen LogP contribution in [0.4, 0.5) is 0 Å². The molecule has 0 saturated carbocycles. The number of hydrogen-bond acceptors (Lipinski definition) is 0. The van der Waals surface area contributed by atoms with Gasteiger partial charge in [-0.25, -0.2) is 0 Å². The first-order chi connectivity index (χ1) is 23.4. The minimum atomic E-state index is -2.42. The lowest BCUT2D eigenvalue weighted by molar-refractivity contribution is 1.02. The van der Waals surface area contributed by atoms with Crippen LogP contribution in [-0.4, -0.2) is 16.1 Å². The number of hydrogen-bond donors (Lipinski definition) is 0. The molecule has 0 amide bonds. The van der Waals surface area contributed by atoms with E-state index in [1.165, 1.54) is 65.3 Å². The van der Waals surface area contributed by atoms with Crippen LogP contribution in [0.15, 0.2) is 95.6 Å². The third kappa shape index (κ3) is 5.64. The second-order valence-electron chi connectivity index (χ2n) is 15.5. The molecule has 5 aromatic carbocycles. The van der Waals surface area contributed by atoms with Crippen molar-refractivity contribution in [2.75, 3.05) is 0 Å². The molecule has 0 bridgehead atoms. The molecule has 0 radical (unpaired) electrons. The average molecular weight is 687 g/mol. The van der Waals surface area contributed by atoms with Crippen molar-refractivity contribution in [3.05, 3.63) is 129 Å². The number of benzene rings is 5. The molecule has 2 heteroatoms. The van der Waals surface area contributed by atoms with E-state index in [1.54, 1.807) is 0 Å². The molecule has 0 N–H and O–H groups in total. The summed E-state index contributed by atoms with van der Waals surface area (Å²) in [5.74, 6) is 7.67. The predicted molar refractivity (Wildman–Crippen MR) is 230 cm³/mol. The predicted octanol–water partition coefficient (Wildman–Crippen LogP) is 13.5. The van der Waals surface area contributed by atoms with Crippen molar-refractivity contribution in [3.8, 4) is 22.9 Å². The van der Waals surface area contributed by atoms with Crippen LogP contribution in [0, 0.1) is 50.6 Å². The molecule has 0 atom stereocenters. The molecule has 254 valence electrons. The number of rotatable bonds is 6. The molecule has 0 spiro atoms. The molecule has 0 heterocycles. The lowest BCUT2D eigenvalue weighted by Crippen LogP contribution is -2.40. The third-order valence-electron chi connectivity index (χ3n) is 11.6. The molecule has 0 aliphatic carbocycles. The molecular weight excluding hydrogens is 633 g/mol. The van der Waals surface area contributed by atoms with Gasteiger partial charge in [-0.3, -0.25) is 0 Å². The Hall–Kier alpha value is -4.35. The molecule has 0 nitrogen and oxygen atoms in total. The van der Waals surface area contributed by atoms with Crippen LogP contribution in [0.3, 0.4) is 0 Å². The lowest BCUT2D eigenvalue weighted by Gasteiger charge is -2.31. The van der Waals surface area contributed by atoms with Gasteiger partial charge in [-0.05, 0) is 156 Å². The van der Waals surface area contributed by atoms with E-state index >= 15 is 0 Å². The Balaban J connectivity index is 2.02. The van der Waals surface area contributed by atoms with Crippen LogP contribution < -0.4 is 0 Å². The van der Waals surface area contributed by atoms with Gasteiger partial charge in [0.2, 0.25) is 0 Å². The first-order valence-corrected chi connectivity index (χ1v) is 22.1. The Labute approximate surface area is 304 Å². The van der Waals surface area contributed by atoms with E-state index < -0.39 is 16.1 Å². The van der Waals surface area contributed by atoms with Gasteiger partial charge in [0.1, 0.15) is 0 Å². The van der Waals surface area contributed by atoms with Gasteiger partial charge in [-0.15, -0.1) is 37.4 Å². The number of fused-ring (bicyclic) bond motifs is 4. The highest BCUT2D eigenvalue weighted by atomic mass is 28.3. The monoisotopic (exact) mass is 686 g/mol. The zero-order chi connectivity index (χ0) is 37.0. The van der Waals surface area contributed by atoms with E-state index in [1.807, 2.05) is 0 Å². The van der Waals surface area contributed by atoms with Crippen molar-refractivity contribution >= 4 is 59.2 Å². The lowest BCUT2D eigenvalue weighted by atomic mass is 9.84. The number of allylic oxidation sites excluding steroid dienone is 4. The molecule has 50 heavy (non-hydrogen) atoms. The van der Waals surface area contributed by atoms with Crippen LogP contribution in [-0.2, 0) is 0 Å². The van der Waals surface area contributed by atoms with E-state index in [-0.39, 0.29) is 0 Å². The van der Waals surface area contributed by atoms with E-state index in [9.17, 15) is 0 Å². The summed E-state index contributed by atoms with van der Waals surface area (Å²) >= 11 is 0. The summed E-state index contributed by atoms with van der Waals surface area (Å²) in [6, 6.07) is 18.1. The molecule has 5 aromatic rings. The summed E-state index contributed by atoms with van der Waals surface area (Å²) in [5.41, 5.74) is 15.6. The van der Waals surface area contributed by atoms with Crippen LogP contribution in [0.25, 0.3) is 43.1 Å². The minimum absolute atomic E-state index is 0.344. The largest absolute Gasteiger partial charge is 0.192 e. The van der Waals surface area contributed by atoms with Crippen LogP contribution in [0.5, 0.6) is 0 Å². The Kier molecular flexibility index (Phi) is 9.90. The van der Waals surface area contributed by atoms with Gasteiger partial charge in [0, 0.05) is 11.1 Å². The maximum Gasteiger partial charge on any atom is 0.192 e. The van der Waals surface area contributed by atoms with Crippen molar-refractivity contribution in [2.24, 2.45) is 0 Å². The molecule has 0 fully saturated rings. The van der Waals surface area contributed by atoms with Gasteiger partial charge >= 0.3 is 0 Å². The molecule has 0 unspecified atom stereocenters. The second-order valence-corrected chi connectivity index (χ2v) is 24.9. The van der Waals surface area contributed by atoms with E-state index in [2.05, 4.69) is 181 Å². The van der Waals surface area contributed by atoms with Gasteiger partial charge in [0.25, 0.3) is 0 Å². The second kappa shape index (κ2) is 13.4. The van der Waals surface area contributed by atoms with Crippen molar-refractivity contribution < 1.29 is 0 Å². The van der Waals surface area contributed by atoms with Gasteiger partial charge in [-0.1, -0.05) is 84.6 Å². The maximum absolute atomic E-state index is 4.50. The highest BCUT2D eigenvalue weighted by Crippen LogP contribution is 2.41. The minimum Gasteiger partial charge on any atom is -0.115 e. The first-order valence-electron chi connectivity index (χ1n) is 17.9. The van der Waals surface area contributed by atoms with Crippen LogP contribution in [0.2, 0.25) is 11.1 Å². The fourth-order valence-electron chi connectivity index (χ4n) is 8.86. The topological polar surface area (TPSA) is 0 Å². The SMILES string of the molecule is C=C(C)[Si](C#Cc1c(C)c(C)c2c(C)c3c(C)c4cc5ccccc5cc4cc3cc2c1C#C[Si](C(=C)C)(C(=C)C)C(C)C)(C(=C)C)C(C)C. The Morgan fingerprint density at radius 3 is 1.42 bits per heavy atom. The van der Waals surface area contributed by atoms with Gasteiger partial charge in [-0.2, -0.15) is 0 Å². The standard InChI is InChI=1S/C48H54Si2/c1-29(2)49(30(3)4,31(5)6)23-21-43-35(13)36(14)48-38(16)47-37(15)45-27-40-20-18-17-19-39(40)25-41(45)26-42(47)28-46(48)44(43)22-24-50(32(7)8,33(9)10)34(11)12/h17-20,25-28,31,34H,1,3,7,9H2,2,4-6,8,10-16H3. The van der Waals surface area contributed by atoms with Crippen molar-refractivity contribution in [3.63, 3.8) is 0 Å². The summed E-state index contributed by atoms with van der Waals surface area (Å²) in [6.45, 7) is 44.7. The molecule has 0 aliphatic heterocycles. The van der Waals surface area contributed by atoms with Crippen molar-refractivity contribution in [1.29, 1.82) is 0 Å². The molecule has 0 saturated heterocycles. The highest BCUT2D eigenvalue weighted by molar-refractivity contribution is 7.00. The summed E-state index contributed by atoms with van der Waals surface area (Å²) in [6.07, 6.45) is 0. The maximum atomic E-state index is 4.50. The number of aryl methyl sites for hydroxylation is 3. The fourth-order valence-corrected chi connectivity index (χ4v) is 16.3. The van der Waals surface area contributed by atoms with E-state index in [4.69, 9.17) is 0 Å². The summed E-state index contributed by atoms with van der Waals surface area (Å²) in [7, 11) is -4.81. The highest BCUT2D eigenvalue weighted by Gasteiger charge is 2.39. The van der Waals surface area contributed by atoms with E-state index in [0.717, 1.165) is 31.9 Å². The van der Waals surface area contributed by atoms with Gasteiger partial charge in [0.15, 0.2) is 16.1 Å². The average Bonchev–Trinajstić information content (AvgIpc) is 3.02. The van der Waals surface area contributed by atoms with Crippen molar-refractivity contribution in [1.82, 2.24) is 0 Å². The molecular formula is C48H54Si2.